The van der Waals surface area contributed by atoms with Gasteiger partial charge in [-0.2, -0.15) is 13.2 Å². The molecule has 1 fully saturated rings. The maximum atomic E-state index is 12.8. The summed E-state index contributed by atoms with van der Waals surface area (Å²) in [6, 6.07) is 4.77. The normalized spacial score (nSPS) is 15.9. The Hall–Kier alpha value is -2.32. The Morgan fingerprint density at radius 3 is 2.25 bits per heavy atom. The van der Waals surface area contributed by atoms with Crippen molar-refractivity contribution < 1.29 is 27.2 Å². The molecule has 2 rings (SSSR count). The quantitative estimate of drug-likeness (QED) is 0.826. The Morgan fingerprint density at radius 2 is 1.71 bits per heavy atom. The molecule has 0 unspecified atom stereocenters. The zero-order chi connectivity index (χ0) is 17.7. The molecule has 132 valence electrons. The maximum Gasteiger partial charge on any atom is 0.471 e. The van der Waals surface area contributed by atoms with Gasteiger partial charge in [0.1, 0.15) is 5.82 Å². The van der Waals surface area contributed by atoms with Crippen LogP contribution in [0.15, 0.2) is 24.3 Å². The number of likely N-dealkylation sites (tertiary alicyclic amines) is 1. The molecule has 0 aromatic heterocycles. The minimum absolute atomic E-state index is 0.00116. The molecule has 0 aliphatic carbocycles. The number of piperidine rings is 1. The average molecular weight is 347 g/mol. The first-order valence-corrected chi connectivity index (χ1v) is 7.42. The number of carbonyl (C=O) groups is 2. The third kappa shape index (κ3) is 5.10. The molecule has 3 amide bonds. The fraction of sp³-hybridized carbons (Fsp3) is 0.467. The van der Waals surface area contributed by atoms with E-state index in [0.717, 1.165) is 4.90 Å². The van der Waals surface area contributed by atoms with E-state index in [4.69, 9.17) is 0 Å². The van der Waals surface area contributed by atoms with Crippen molar-refractivity contribution in [3.63, 3.8) is 0 Å². The highest BCUT2D eigenvalue weighted by molar-refractivity contribution is 5.89. The van der Waals surface area contributed by atoms with Crippen molar-refractivity contribution in [1.29, 1.82) is 0 Å². The number of carbonyl (C=O) groups excluding carboxylic acids is 2. The number of urea groups is 1. The Balaban J connectivity index is 1.71. The van der Waals surface area contributed by atoms with E-state index < -0.39 is 23.9 Å². The number of nitrogens with zero attached hydrogens (tertiary/aromatic N) is 1. The summed E-state index contributed by atoms with van der Waals surface area (Å²) < 4.78 is 49.8. The van der Waals surface area contributed by atoms with Crippen molar-refractivity contribution in [2.24, 2.45) is 5.92 Å². The molecule has 1 heterocycles. The smallest absolute Gasteiger partial charge is 0.338 e. The highest BCUT2D eigenvalue weighted by Crippen LogP contribution is 2.23. The summed E-state index contributed by atoms with van der Waals surface area (Å²) in [7, 11) is 0. The number of benzene rings is 1. The standard InChI is InChI=1S/C15H17F4N3O2/c16-11-1-3-12(4-2-11)21-14(24)20-9-10-5-7-22(8-6-10)13(23)15(17,18)19/h1-4,10H,5-9H2,(H2,20,21,24). The van der Waals surface area contributed by atoms with Crippen LogP contribution in [0.5, 0.6) is 0 Å². The molecular weight excluding hydrogens is 330 g/mol. The van der Waals surface area contributed by atoms with Crippen molar-refractivity contribution in [1.82, 2.24) is 10.2 Å². The van der Waals surface area contributed by atoms with E-state index in [0.29, 0.717) is 25.1 Å². The number of hydrogen-bond donors (Lipinski definition) is 2. The fourth-order valence-electron chi connectivity index (χ4n) is 2.47. The number of halogens is 4. The average Bonchev–Trinajstić information content (AvgIpc) is 2.54. The predicted molar refractivity (Wildman–Crippen MR) is 78.8 cm³/mol. The monoisotopic (exact) mass is 347 g/mol. The number of nitrogens with one attached hydrogen (secondary N) is 2. The lowest BCUT2D eigenvalue weighted by Crippen LogP contribution is -2.47. The second kappa shape index (κ2) is 7.50. The summed E-state index contributed by atoms with van der Waals surface area (Å²) in [4.78, 5) is 23.6. The molecule has 0 radical (unpaired) electrons. The van der Waals surface area contributed by atoms with Gasteiger partial charge in [-0.3, -0.25) is 4.79 Å². The van der Waals surface area contributed by atoms with Gasteiger partial charge in [0, 0.05) is 25.3 Å². The van der Waals surface area contributed by atoms with Crippen LogP contribution >= 0.6 is 0 Å². The van der Waals surface area contributed by atoms with Crippen molar-refractivity contribution in [2.45, 2.75) is 19.0 Å². The van der Waals surface area contributed by atoms with Crippen molar-refractivity contribution >= 4 is 17.6 Å². The van der Waals surface area contributed by atoms with E-state index in [1.807, 2.05) is 0 Å². The zero-order valence-electron chi connectivity index (χ0n) is 12.7. The fourth-order valence-corrected chi connectivity index (χ4v) is 2.47. The summed E-state index contributed by atoms with van der Waals surface area (Å²) >= 11 is 0. The van der Waals surface area contributed by atoms with Gasteiger partial charge < -0.3 is 15.5 Å². The van der Waals surface area contributed by atoms with Crippen LogP contribution in [-0.4, -0.2) is 42.6 Å². The summed E-state index contributed by atoms with van der Waals surface area (Å²) in [6.45, 7) is 0.329. The molecule has 0 atom stereocenters. The lowest BCUT2D eigenvalue weighted by atomic mass is 9.97. The molecule has 0 saturated carbocycles. The molecule has 24 heavy (non-hydrogen) atoms. The second-order valence-corrected chi connectivity index (χ2v) is 5.58. The van der Waals surface area contributed by atoms with Gasteiger partial charge in [0.25, 0.3) is 0 Å². The first-order chi connectivity index (χ1) is 11.3. The molecule has 1 aromatic carbocycles. The third-order valence-corrected chi connectivity index (χ3v) is 3.80. The number of hydrogen-bond acceptors (Lipinski definition) is 2. The number of amides is 3. The van der Waals surface area contributed by atoms with Crippen LogP contribution in [-0.2, 0) is 4.79 Å². The van der Waals surface area contributed by atoms with E-state index in [1.165, 1.54) is 24.3 Å². The Labute approximate surface area is 136 Å². The maximum absolute atomic E-state index is 12.8. The Bertz CT molecular complexity index is 581. The highest BCUT2D eigenvalue weighted by atomic mass is 19.4. The van der Waals surface area contributed by atoms with E-state index in [1.54, 1.807) is 0 Å². The molecule has 1 aromatic rings. The lowest BCUT2D eigenvalue weighted by molar-refractivity contribution is -0.186. The van der Waals surface area contributed by atoms with Crippen LogP contribution < -0.4 is 10.6 Å². The second-order valence-electron chi connectivity index (χ2n) is 5.58. The number of rotatable bonds is 3. The molecule has 5 nitrogen and oxygen atoms in total. The van der Waals surface area contributed by atoms with Gasteiger partial charge in [-0.1, -0.05) is 0 Å². The summed E-state index contributed by atoms with van der Waals surface area (Å²) in [6.07, 6.45) is -4.07. The zero-order valence-corrected chi connectivity index (χ0v) is 12.7. The summed E-state index contributed by atoms with van der Waals surface area (Å²) in [5, 5.41) is 5.15. The number of anilines is 1. The van der Waals surface area contributed by atoms with Gasteiger partial charge in [-0.25, -0.2) is 9.18 Å². The van der Waals surface area contributed by atoms with Crippen molar-refractivity contribution in [3.8, 4) is 0 Å². The van der Waals surface area contributed by atoms with Gasteiger partial charge in [0.05, 0.1) is 0 Å². The molecule has 1 aliphatic heterocycles. The van der Waals surface area contributed by atoms with Crippen LogP contribution in [0.4, 0.5) is 28.0 Å². The van der Waals surface area contributed by atoms with Crippen molar-refractivity contribution in [2.75, 3.05) is 25.0 Å². The van der Waals surface area contributed by atoms with Crippen LogP contribution in [0.25, 0.3) is 0 Å². The first-order valence-electron chi connectivity index (χ1n) is 7.42. The number of alkyl halides is 3. The minimum Gasteiger partial charge on any atom is -0.338 e. The van der Waals surface area contributed by atoms with Crippen LogP contribution in [0.3, 0.4) is 0 Å². The van der Waals surface area contributed by atoms with Crippen molar-refractivity contribution in [3.05, 3.63) is 30.1 Å². The minimum atomic E-state index is -4.85. The summed E-state index contributed by atoms with van der Waals surface area (Å²) in [5.41, 5.74) is 0.430. The van der Waals surface area contributed by atoms with Gasteiger partial charge in [-0.15, -0.1) is 0 Å². The largest absolute Gasteiger partial charge is 0.471 e. The molecule has 1 saturated heterocycles. The Kier molecular flexibility index (Phi) is 5.63. The summed E-state index contributed by atoms with van der Waals surface area (Å²) in [5.74, 6) is -2.23. The van der Waals surface area contributed by atoms with E-state index in [2.05, 4.69) is 10.6 Å². The van der Waals surface area contributed by atoms with Gasteiger partial charge in [0.15, 0.2) is 0 Å². The van der Waals surface area contributed by atoms with E-state index in [9.17, 15) is 27.2 Å². The first kappa shape index (κ1) is 18.0. The molecule has 9 heteroatoms. The molecule has 0 spiro atoms. The third-order valence-electron chi connectivity index (χ3n) is 3.80. The highest BCUT2D eigenvalue weighted by Gasteiger charge is 2.43. The van der Waals surface area contributed by atoms with Gasteiger partial charge in [0.2, 0.25) is 0 Å². The van der Waals surface area contributed by atoms with E-state index >= 15 is 0 Å². The van der Waals surface area contributed by atoms with Gasteiger partial charge >= 0.3 is 18.1 Å². The van der Waals surface area contributed by atoms with Crippen LogP contribution in [0, 0.1) is 11.7 Å². The SMILES string of the molecule is O=C(NCC1CCN(C(=O)C(F)(F)F)CC1)Nc1ccc(F)cc1. The molecular formula is C15H17F4N3O2. The molecule has 2 N–H and O–H groups in total. The lowest BCUT2D eigenvalue weighted by Gasteiger charge is -2.32. The Morgan fingerprint density at radius 1 is 1.12 bits per heavy atom. The van der Waals surface area contributed by atoms with Crippen LogP contribution in [0.2, 0.25) is 0 Å². The van der Waals surface area contributed by atoms with E-state index in [-0.39, 0.29) is 19.0 Å². The predicted octanol–water partition coefficient (Wildman–Crippen LogP) is 2.75. The van der Waals surface area contributed by atoms with Crippen LogP contribution in [0.1, 0.15) is 12.8 Å². The topological polar surface area (TPSA) is 61.4 Å². The molecule has 1 aliphatic rings. The van der Waals surface area contributed by atoms with Gasteiger partial charge in [-0.05, 0) is 43.0 Å². The molecule has 0 bridgehead atoms.